The molecule has 6 heteroatoms. The van der Waals surface area contributed by atoms with Gasteiger partial charge in [0.15, 0.2) is 0 Å². The number of fused-ring (bicyclic) bond motifs is 4. The molecule has 6 nitrogen and oxygen atoms in total. The highest BCUT2D eigenvalue weighted by Crippen LogP contribution is 2.31. The van der Waals surface area contributed by atoms with Gasteiger partial charge in [0, 0.05) is 30.6 Å². The minimum atomic E-state index is 0.230. The molecule has 0 fully saturated rings. The van der Waals surface area contributed by atoms with Crippen molar-refractivity contribution in [3.8, 4) is 22.8 Å². The van der Waals surface area contributed by atoms with Gasteiger partial charge >= 0.3 is 0 Å². The zero-order valence-corrected chi connectivity index (χ0v) is 14.8. The smallest absolute Gasteiger partial charge is 0.120 e. The van der Waals surface area contributed by atoms with E-state index in [1.54, 1.807) is 7.11 Å². The van der Waals surface area contributed by atoms with Crippen molar-refractivity contribution in [3.63, 3.8) is 0 Å². The molecule has 1 aliphatic heterocycles. The third-order valence-electron chi connectivity index (χ3n) is 4.55. The summed E-state index contributed by atoms with van der Waals surface area (Å²) >= 11 is 0. The van der Waals surface area contributed by atoms with Crippen molar-refractivity contribution in [3.05, 3.63) is 42.5 Å². The maximum Gasteiger partial charge on any atom is 0.120 e. The van der Waals surface area contributed by atoms with Crippen molar-refractivity contribution in [1.29, 1.82) is 0 Å². The Labute approximate surface area is 152 Å². The number of rotatable bonds is 2. The van der Waals surface area contributed by atoms with E-state index in [2.05, 4.69) is 15.5 Å². The third-order valence-corrected chi connectivity index (χ3v) is 4.55. The van der Waals surface area contributed by atoms with Crippen LogP contribution in [0.5, 0.6) is 11.5 Å². The summed E-state index contributed by atoms with van der Waals surface area (Å²) in [7, 11) is 1.72. The summed E-state index contributed by atoms with van der Waals surface area (Å²) < 4.78 is 17.2. The van der Waals surface area contributed by atoms with E-state index in [-0.39, 0.29) is 6.04 Å². The quantitative estimate of drug-likeness (QED) is 0.741. The number of methoxy groups -OCH3 is 1. The van der Waals surface area contributed by atoms with Crippen LogP contribution in [0.4, 0.5) is 0 Å². The Hall–Kier alpha value is -2.57. The molecular weight excluding hydrogens is 330 g/mol. The van der Waals surface area contributed by atoms with Gasteiger partial charge in [-0.1, -0.05) is 12.1 Å². The van der Waals surface area contributed by atoms with E-state index in [1.807, 2.05) is 42.5 Å². The first-order valence-electron chi connectivity index (χ1n) is 8.90. The Morgan fingerprint density at radius 3 is 2.92 bits per heavy atom. The molecule has 0 spiro atoms. The lowest BCUT2D eigenvalue weighted by molar-refractivity contribution is 0.149. The van der Waals surface area contributed by atoms with Crippen molar-refractivity contribution in [2.75, 3.05) is 33.5 Å². The second-order valence-corrected chi connectivity index (χ2v) is 6.40. The van der Waals surface area contributed by atoms with Gasteiger partial charge < -0.3 is 19.5 Å². The normalized spacial score (nSPS) is 18.0. The highest BCUT2D eigenvalue weighted by Gasteiger charge is 2.12. The molecule has 4 rings (SSSR count). The number of hydrogen-bond acceptors (Lipinski definition) is 5. The Morgan fingerprint density at radius 1 is 1.12 bits per heavy atom. The molecule has 2 aromatic carbocycles. The molecule has 1 aromatic heterocycles. The van der Waals surface area contributed by atoms with Crippen LogP contribution >= 0.6 is 0 Å². The molecule has 0 saturated heterocycles. The summed E-state index contributed by atoms with van der Waals surface area (Å²) in [6, 6.07) is 14.3. The summed E-state index contributed by atoms with van der Waals surface area (Å²) in [4.78, 5) is 0. The van der Waals surface area contributed by atoms with Gasteiger partial charge in [0.1, 0.15) is 23.8 Å². The second kappa shape index (κ2) is 7.76. The van der Waals surface area contributed by atoms with E-state index in [0.29, 0.717) is 19.8 Å². The number of benzene rings is 2. The molecule has 0 aliphatic carbocycles. The number of nitrogens with one attached hydrogen (secondary N) is 2. The van der Waals surface area contributed by atoms with Crippen LogP contribution < -0.4 is 14.8 Å². The predicted octanol–water partition coefficient (Wildman–Crippen LogP) is 3.00. The first kappa shape index (κ1) is 16.9. The maximum absolute atomic E-state index is 5.98. The summed E-state index contributed by atoms with van der Waals surface area (Å²) in [6.45, 7) is 2.60. The summed E-state index contributed by atoms with van der Waals surface area (Å²) in [5.74, 6) is 1.68. The van der Waals surface area contributed by atoms with Crippen LogP contribution in [0.25, 0.3) is 22.2 Å². The van der Waals surface area contributed by atoms with Crippen LogP contribution in [0, 0.1) is 0 Å². The number of hydrogen-bond donors (Lipinski definition) is 2. The van der Waals surface area contributed by atoms with E-state index in [0.717, 1.165) is 46.6 Å². The minimum Gasteiger partial charge on any atom is -0.494 e. The number of aromatic amines is 1. The van der Waals surface area contributed by atoms with Gasteiger partial charge in [-0.3, -0.25) is 5.10 Å². The van der Waals surface area contributed by atoms with E-state index in [9.17, 15) is 0 Å². The molecule has 0 amide bonds. The summed E-state index contributed by atoms with van der Waals surface area (Å²) in [5.41, 5.74) is 2.91. The van der Waals surface area contributed by atoms with Crippen molar-refractivity contribution in [2.24, 2.45) is 0 Å². The average Bonchev–Trinajstić information content (AvgIpc) is 3.08. The fourth-order valence-electron chi connectivity index (χ4n) is 3.23. The molecular formula is C20H23N3O3. The first-order chi connectivity index (χ1) is 12.8. The van der Waals surface area contributed by atoms with Crippen LogP contribution in [-0.2, 0) is 4.74 Å². The molecule has 1 aliphatic rings. The SMILES string of the molecule is COC[C@H]1CCOc2ccc3[nH]nc(c3c2)-c2cccc(c2)OCCN1. The van der Waals surface area contributed by atoms with Crippen LogP contribution in [0.1, 0.15) is 6.42 Å². The third kappa shape index (κ3) is 3.66. The van der Waals surface area contributed by atoms with Crippen LogP contribution in [-0.4, -0.2) is 49.7 Å². The number of ether oxygens (including phenoxy) is 3. The van der Waals surface area contributed by atoms with E-state index < -0.39 is 0 Å². The van der Waals surface area contributed by atoms with Gasteiger partial charge in [-0.05, 0) is 36.8 Å². The molecule has 136 valence electrons. The minimum absolute atomic E-state index is 0.230. The molecule has 1 atom stereocenters. The Balaban J connectivity index is 1.69. The number of H-pyrrole nitrogens is 1. The lowest BCUT2D eigenvalue weighted by Crippen LogP contribution is -2.37. The molecule has 2 heterocycles. The molecule has 3 aromatic rings. The average molecular weight is 353 g/mol. The van der Waals surface area contributed by atoms with Crippen molar-refractivity contribution in [1.82, 2.24) is 15.5 Å². The van der Waals surface area contributed by atoms with Crippen molar-refractivity contribution < 1.29 is 14.2 Å². The lowest BCUT2D eigenvalue weighted by atomic mass is 10.1. The van der Waals surface area contributed by atoms with Crippen LogP contribution in [0.3, 0.4) is 0 Å². The van der Waals surface area contributed by atoms with Crippen molar-refractivity contribution in [2.45, 2.75) is 12.5 Å². The summed E-state index contributed by atoms with van der Waals surface area (Å²) in [6.07, 6.45) is 0.859. The molecule has 4 bridgehead atoms. The molecule has 26 heavy (non-hydrogen) atoms. The Kier molecular flexibility index (Phi) is 5.04. The molecule has 0 unspecified atom stereocenters. The van der Waals surface area contributed by atoms with E-state index in [1.165, 1.54) is 0 Å². The maximum atomic E-state index is 5.98. The highest BCUT2D eigenvalue weighted by atomic mass is 16.5. The zero-order valence-electron chi connectivity index (χ0n) is 14.8. The Morgan fingerprint density at radius 2 is 2.00 bits per heavy atom. The second-order valence-electron chi connectivity index (χ2n) is 6.40. The van der Waals surface area contributed by atoms with Gasteiger partial charge in [0.05, 0.1) is 18.7 Å². The van der Waals surface area contributed by atoms with Gasteiger partial charge in [0.2, 0.25) is 0 Å². The largest absolute Gasteiger partial charge is 0.494 e. The van der Waals surface area contributed by atoms with Crippen molar-refractivity contribution >= 4 is 10.9 Å². The molecule has 0 saturated carbocycles. The molecule has 2 N–H and O–H groups in total. The Bertz CT molecular complexity index is 878. The van der Waals surface area contributed by atoms with Crippen LogP contribution in [0.2, 0.25) is 0 Å². The van der Waals surface area contributed by atoms with Gasteiger partial charge in [-0.25, -0.2) is 0 Å². The number of aromatic nitrogens is 2. The van der Waals surface area contributed by atoms with Gasteiger partial charge in [0.25, 0.3) is 0 Å². The summed E-state index contributed by atoms with van der Waals surface area (Å²) in [5, 5.41) is 12.1. The van der Waals surface area contributed by atoms with E-state index in [4.69, 9.17) is 14.2 Å². The lowest BCUT2D eigenvalue weighted by Gasteiger charge is -2.18. The monoisotopic (exact) mass is 353 g/mol. The van der Waals surface area contributed by atoms with Crippen LogP contribution in [0.15, 0.2) is 42.5 Å². The fraction of sp³-hybridized carbons (Fsp3) is 0.350. The first-order valence-corrected chi connectivity index (χ1v) is 8.90. The standard InChI is InChI=1S/C20H23N3O3/c1-24-13-15-7-9-25-17-5-6-19-18(12-17)20(23-22-19)14-3-2-4-16(11-14)26-10-8-21-15/h2-6,11-12,15,21H,7-10,13H2,1H3,(H,22,23)/t15-/m1/s1. The zero-order chi connectivity index (χ0) is 17.8. The number of nitrogens with zero attached hydrogens (tertiary/aromatic N) is 1. The fourth-order valence-corrected chi connectivity index (χ4v) is 3.23. The van der Waals surface area contributed by atoms with E-state index >= 15 is 0 Å². The highest BCUT2D eigenvalue weighted by molar-refractivity contribution is 5.93. The predicted molar refractivity (Wildman–Crippen MR) is 101 cm³/mol. The van der Waals surface area contributed by atoms with Gasteiger partial charge in [-0.15, -0.1) is 0 Å². The topological polar surface area (TPSA) is 68.4 Å². The van der Waals surface area contributed by atoms with Gasteiger partial charge in [-0.2, -0.15) is 5.10 Å². The molecule has 0 radical (unpaired) electrons.